The third kappa shape index (κ3) is 12.7. The predicted molar refractivity (Wildman–Crippen MR) is 64.2 cm³/mol. The monoisotopic (exact) mass is 358 g/mol. The van der Waals surface area contributed by atoms with Crippen LogP contribution < -0.4 is 34.0 Å². The molecule has 0 rings (SSSR count). The molecular formula is C12H28Br2N2. The van der Waals surface area contributed by atoms with Crippen molar-refractivity contribution in [3.8, 4) is 0 Å². The zero-order valence-electron chi connectivity index (χ0n) is 12.1. The van der Waals surface area contributed by atoms with Crippen LogP contribution in [0.25, 0.3) is 0 Å². The van der Waals surface area contributed by atoms with Crippen molar-refractivity contribution in [3.05, 3.63) is 11.1 Å². The van der Waals surface area contributed by atoms with Gasteiger partial charge in [-0.2, -0.15) is 0 Å². The quantitative estimate of drug-likeness (QED) is 0.352. The molecule has 0 bridgehead atoms. The molecule has 0 saturated carbocycles. The van der Waals surface area contributed by atoms with Crippen molar-refractivity contribution in [2.75, 3.05) is 55.4 Å². The maximum atomic E-state index is 2.26. The van der Waals surface area contributed by atoms with Crippen molar-refractivity contribution in [1.82, 2.24) is 0 Å². The van der Waals surface area contributed by atoms with Crippen LogP contribution in [0.15, 0.2) is 11.1 Å². The van der Waals surface area contributed by atoms with Gasteiger partial charge >= 0.3 is 0 Å². The summed E-state index contributed by atoms with van der Waals surface area (Å²) in [5, 5.41) is 0. The van der Waals surface area contributed by atoms with Gasteiger partial charge in [0.2, 0.25) is 0 Å². The minimum absolute atomic E-state index is 0. The fourth-order valence-electron chi connectivity index (χ4n) is 1.69. The summed E-state index contributed by atoms with van der Waals surface area (Å²) in [6, 6.07) is 0. The Bertz CT molecular complexity index is 198. The Balaban J connectivity index is -0.000000845. The molecule has 0 N–H and O–H groups in total. The highest BCUT2D eigenvalue weighted by molar-refractivity contribution is 5.10. The molecule has 0 fully saturated rings. The molecule has 0 amide bonds. The van der Waals surface area contributed by atoms with E-state index in [-0.39, 0.29) is 34.0 Å². The van der Waals surface area contributed by atoms with E-state index >= 15 is 0 Å². The van der Waals surface area contributed by atoms with Gasteiger partial charge in [0.15, 0.2) is 0 Å². The van der Waals surface area contributed by atoms with Crippen LogP contribution in [0.3, 0.4) is 0 Å². The highest BCUT2D eigenvalue weighted by Crippen LogP contribution is 2.10. The third-order valence-corrected chi connectivity index (χ3v) is 2.15. The van der Waals surface area contributed by atoms with E-state index in [4.69, 9.17) is 0 Å². The molecule has 4 heteroatoms. The van der Waals surface area contributed by atoms with Crippen molar-refractivity contribution in [3.63, 3.8) is 0 Å². The lowest BCUT2D eigenvalue weighted by molar-refractivity contribution is -0.868. The molecule has 0 unspecified atom stereocenters. The summed E-state index contributed by atoms with van der Waals surface area (Å²) in [7, 11) is 13.4. The Hall–Kier alpha value is 0.620. The molecule has 0 radical (unpaired) electrons. The van der Waals surface area contributed by atoms with Crippen molar-refractivity contribution in [2.24, 2.45) is 0 Å². The van der Waals surface area contributed by atoms with Gasteiger partial charge in [-0.15, -0.1) is 0 Å². The van der Waals surface area contributed by atoms with Gasteiger partial charge in [0.05, 0.1) is 55.4 Å². The Kier molecular flexibility index (Phi) is 10.7. The normalized spacial score (nSPS) is 13.5. The lowest BCUT2D eigenvalue weighted by atomic mass is 10.1. The molecule has 0 saturated heterocycles. The SMILES string of the molecule is C/C(C[N+](C)(C)C)=C(/C)C[N+](C)(C)C.[Br-].[Br-]. The van der Waals surface area contributed by atoms with Crippen LogP contribution in [0.1, 0.15) is 13.8 Å². The van der Waals surface area contributed by atoms with Gasteiger partial charge in [0, 0.05) is 0 Å². The molecule has 0 atom stereocenters. The first kappa shape index (κ1) is 21.9. The second-order valence-electron chi connectivity index (χ2n) is 6.46. The first-order valence-electron chi connectivity index (χ1n) is 5.27. The molecule has 0 aliphatic heterocycles. The van der Waals surface area contributed by atoms with Gasteiger partial charge in [-0.05, 0) is 25.0 Å². The second-order valence-corrected chi connectivity index (χ2v) is 6.46. The molecule has 0 aliphatic rings. The van der Waals surface area contributed by atoms with Gasteiger partial charge in [-0.25, -0.2) is 0 Å². The standard InChI is InChI=1S/C12H28N2.2BrH/c1-11(9-13(3,4)5)12(2)10-14(6,7)8;;/h9-10H2,1-8H3;2*1H/q+2;;/p-2/b12-11+;;. The number of rotatable bonds is 4. The Morgan fingerprint density at radius 3 is 0.938 bits per heavy atom. The topological polar surface area (TPSA) is 0 Å². The van der Waals surface area contributed by atoms with Crippen LogP contribution in [0.4, 0.5) is 0 Å². The first-order chi connectivity index (χ1) is 6.01. The lowest BCUT2D eigenvalue weighted by Crippen LogP contribution is -3.00. The number of hydrogen-bond acceptors (Lipinski definition) is 0. The number of halogens is 2. The zero-order chi connectivity index (χ0) is 11.6. The van der Waals surface area contributed by atoms with Crippen LogP contribution in [0.2, 0.25) is 0 Å². The highest BCUT2D eigenvalue weighted by Gasteiger charge is 2.14. The molecule has 100 valence electrons. The average Bonchev–Trinajstić information content (AvgIpc) is 1.78. The van der Waals surface area contributed by atoms with Gasteiger partial charge in [0.25, 0.3) is 0 Å². The van der Waals surface area contributed by atoms with Crippen molar-refractivity contribution in [2.45, 2.75) is 13.8 Å². The van der Waals surface area contributed by atoms with Crippen LogP contribution in [-0.2, 0) is 0 Å². The fourth-order valence-corrected chi connectivity index (χ4v) is 1.69. The minimum Gasteiger partial charge on any atom is -1.00 e. The molecule has 16 heavy (non-hydrogen) atoms. The summed E-state index contributed by atoms with van der Waals surface area (Å²) in [6.45, 7) is 6.81. The Labute approximate surface area is 123 Å². The molecule has 0 spiro atoms. The Morgan fingerprint density at radius 2 is 0.812 bits per heavy atom. The number of quaternary nitrogens is 2. The summed E-state index contributed by atoms with van der Waals surface area (Å²) in [6.07, 6.45) is 0. The van der Waals surface area contributed by atoms with Crippen LogP contribution >= 0.6 is 0 Å². The van der Waals surface area contributed by atoms with E-state index in [9.17, 15) is 0 Å². The summed E-state index contributed by atoms with van der Waals surface area (Å²) in [5.74, 6) is 0. The highest BCUT2D eigenvalue weighted by atomic mass is 79.9. The van der Waals surface area contributed by atoms with E-state index in [1.807, 2.05) is 0 Å². The predicted octanol–water partition coefficient (Wildman–Crippen LogP) is -4.26. The van der Waals surface area contributed by atoms with E-state index in [1.54, 1.807) is 0 Å². The molecule has 0 aromatic heterocycles. The van der Waals surface area contributed by atoms with Crippen molar-refractivity contribution in [1.29, 1.82) is 0 Å². The van der Waals surface area contributed by atoms with Gasteiger partial charge in [-0.1, -0.05) is 0 Å². The number of likely N-dealkylation sites (N-methyl/N-ethyl adjacent to an activating group) is 2. The van der Waals surface area contributed by atoms with E-state index in [2.05, 4.69) is 56.1 Å². The van der Waals surface area contributed by atoms with Crippen molar-refractivity contribution >= 4 is 0 Å². The molecule has 0 aliphatic carbocycles. The molecule has 0 heterocycles. The maximum absolute atomic E-state index is 2.26. The summed E-state index contributed by atoms with van der Waals surface area (Å²) < 4.78 is 2.03. The van der Waals surface area contributed by atoms with Crippen LogP contribution in [0, 0.1) is 0 Å². The van der Waals surface area contributed by atoms with E-state index < -0.39 is 0 Å². The molecular weight excluding hydrogens is 332 g/mol. The minimum atomic E-state index is 0. The Morgan fingerprint density at radius 1 is 0.625 bits per heavy atom. The second kappa shape index (κ2) is 7.85. The summed E-state index contributed by atoms with van der Waals surface area (Å²) in [4.78, 5) is 0. The zero-order valence-corrected chi connectivity index (χ0v) is 15.2. The van der Waals surface area contributed by atoms with Gasteiger partial charge in [-0.3, -0.25) is 0 Å². The van der Waals surface area contributed by atoms with Gasteiger partial charge in [0.1, 0.15) is 0 Å². The van der Waals surface area contributed by atoms with Crippen LogP contribution in [0.5, 0.6) is 0 Å². The van der Waals surface area contributed by atoms with Crippen molar-refractivity contribution < 1.29 is 42.9 Å². The average molecular weight is 360 g/mol. The van der Waals surface area contributed by atoms with E-state index in [0.717, 1.165) is 22.1 Å². The fraction of sp³-hybridized carbons (Fsp3) is 0.833. The summed E-state index contributed by atoms with van der Waals surface area (Å²) >= 11 is 0. The van der Waals surface area contributed by atoms with E-state index in [0.29, 0.717) is 0 Å². The number of hydrogen-bond donors (Lipinski definition) is 0. The first-order valence-corrected chi connectivity index (χ1v) is 5.27. The lowest BCUT2D eigenvalue weighted by Gasteiger charge is -2.28. The maximum Gasteiger partial charge on any atom is 0.0999 e. The third-order valence-electron chi connectivity index (χ3n) is 2.15. The van der Waals surface area contributed by atoms with Crippen LogP contribution in [-0.4, -0.2) is 64.3 Å². The largest absolute Gasteiger partial charge is 1.00 e. The van der Waals surface area contributed by atoms with E-state index in [1.165, 1.54) is 11.1 Å². The smallest absolute Gasteiger partial charge is 0.0999 e. The van der Waals surface area contributed by atoms with Gasteiger partial charge < -0.3 is 42.9 Å². The molecule has 0 aromatic carbocycles. The summed E-state index contributed by atoms with van der Waals surface area (Å²) in [5.41, 5.74) is 3.07. The molecule has 0 aromatic rings. The molecule has 2 nitrogen and oxygen atoms in total. The number of nitrogens with zero attached hydrogens (tertiary/aromatic N) is 2.